The molecule has 0 aliphatic heterocycles. The van der Waals surface area contributed by atoms with E-state index in [1.807, 2.05) is 0 Å². The number of carboxylic acid groups (broad SMARTS) is 1. The van der Waals surface area contributed by atoms with Crippen molar-refractivity contribution in [3.05, 3.63) is 59.5 Å². The number of nitrogens with zero attached hydrogens (tertiary/aromatic N) is 1. The number of fused-ring (bicyclic) bond motifs is 1. The maximum Gasteiger partial charge on any atom is 0.310 e. The number of ether oxygens (including phenoxy) is 1. The third-order valence-corrected chi connectivity index (χ3v) is 4.92. The Hall–Kier alpha value is -2.84. The van der Waals surface area contributed by atoms with E-state index < -0.39 is 28.8 Å². The molecule has 27 heavy (non-hydrogen) atoms. The van der Waals surface area contributed by atoms with Gasteiger partial charge in [-0.3, -0.25) is 9.00 Å². The number of carbonyl (C=O) groups is 1. The maximum atomic E-state index is 13.8. The molecule has 0 bridgehead atoms. The van der Waals surface area contributed by atoms with Crippen molar-refractivity contribution in [2.45, 2.75) is 24.7 Å². The van der Waals surface area contributed by atoms with E-state index in [9.17, 15) is 23.1 Å². The number of hydrogen-bond acceptors (Lipinski definition) is 5. The van der Waals surface area contributed by atoms with Crippen molar-refractivity contribution in [1.82, 2.24) is 4.98 Å². The van der Waals surface area contributed by atoms with E-state index in [-0.39, 0.29) is 16.5 Å². The minimum absolute atomic E-state index is 0.00299. The summed E-state index contributed by atoms with van der Waals surface area (Å²) in [6, 6.07) is 8.54. The molecule has 0 spiro atoms. The molecule has 2 aromatic carbocycles. The fourth-order valence-corrected chi connectivity index (χ4v) is 3.12. The number of halogens is 1. The second-order valence-electron chi connectivity index (χ2n) is 6.01. The molecule has 1 aromatic heterocycles. The number of aromatic nitrogens is 1. The van der Waals surface area contributed by atoms with Gasteiger partial charge in [0, 0.05) is 22.5 Å². The minimum Gasteiger partial charge on any atom is -0.768 e. The summed E-state index contributed by atoms with van der Waals surface area (Å²) >= 11 is -2.41. The summed E-state index contributed by atoms with van der Waals surface area (Å²) in [6.07, 6.45) is 1.14. The van der Waals surface area contributed by atoms with Gasteiger partial charge < -0.3 is 14.4 Å². The molecule has 0 aliphatic rings. The smallest absolute Gasteiger partial charge is 0.310 e. The van der Waals surface area contributed by atoms with Crippen LogP contribution in [0, 0.1) is 12.7 Å². The van der Waals surface area contributed by atoms with Crippen LogP contribution in [0.25, 0.3) is 10.8 Å². The van der Waals surface area contributed by atoms with Crippen LogP contribution in [0.2, 0.25) is 0 Å². The normalized spacial score (nSPS) is 13.3. The third kappa shape index (κ3) is 3.81. The fraction of sp³-hybridized carbons (Fsp3) is 0.158. The van der Waals surface area contributed by atoms with Gasteiger partial charge in [-0.2, -0.15) is 0 Å². The van der Waals surface area contributed by atoms with Gasteiger partial charge in [0.1, 0.15) is 11.6 Å². The van der Waals surface area contributed by atoms with Crippen LogP contribution in [-0.2, 0) is 15.9 Å². The number of pyridine rings is 1. The Kier molecular flexibility index (Phi) is 5.20. The molecule has 1 N–H and O–H groups in total. The highest BCUT2D eigenvalue weighted by molar-refractivity contribution is 7.79. The lowest BCUT2D eigenvalue weighted by Crippen LogP contribution is -2.10. The van der Waals surface area contributed by atoms with Crippen molar-refractivity contribution in [1.29, 1.82) is 0 Å². The van der Waals surface area contributed by atoms with Crippen molar-refractivity contribution < 1.29 is 27.8 Å². The number of carboxylic acids is 1. The Morgan fingerprint density at radius 1 is 1.30 bits per heavy atom. The van der Waals surface area contributed by atoms with E-state index in [1.165, 1.54) is 24.3 Å². The molecule has 140 valence electrons. The van der Waals surface area contributed by atoms with Gasteiger partial charge in [0.15, 0.2) is 0 Å². The van der Waals surface area contributed by atoms with Crippen molar-refractivity contribution >= 4 is 27.8 Å². The monoisotopic (exact) mass is 388 g/mol. The van der Waals surface area contributed by atoms with E-state index in [2.05, 4.69) is 4.98 Å². The lowest BCUT2D eigenvalue weighted by molar-refractivity contribution is -0.138. The standard InChI is InChI=1S/C19H16FNO5S/c1-10-15(11(2)19(22)23)7-12-3-4-13(20)8-16(12)18(10)26-17-6-5-14(9-21-17)27(24)25/h3-9,11H,1-2H3,(H,22,23)(H,24,25)/p-1. The van der Waals surface area contributed by atoms with Crippen LogP contribution in [0.3, 0.4) is 0 Å². The van der Waals surface area contributed by atoms with Crippen LogP contribution in [0.15, 0.2) is 47.5 Å². The first-order valence-corrected chi connectivity index (χ1v) is 9.04. The first-order valence-electron chi connectivity index (χ1n) is 7.96. The Bertz CT molecular complexity index is 1050. The van der Waals surface area contributed by atoms with Crippen LogP contribution < -0.4 is 4.74 Å². The molecule has 0 aliphatic carbocycles. The summed E-state index contributed by atoms with van der Waals surface area (Å²) in [5, 5.41) is 10.5. The fourth-order valence-electron chi connectivity index (χ4n) is 2.80. The minimum atomic E-state index is -2.41. The van der Waals surface area contributed by atoms with Crippen molar-refractivity contribution in [2.75, 3.05) is 0 Å². The molecule has 0 amide bonds. The van der Waals surface area contributed by atoms with E-state index in [1.54, 1.807) is 26.0 Å². The molecule has 6 nitrogen and oxygen atoms in total. The molecule has 3 aromatic rings. The molecule has 2 unspecified atom stereocenters. The second-order valence-corrected chi connectivity index (χ2v) is 6.96. The van der Waals surface area contributed by atoms with E-state index in [4.69, 9.17) is 4.74 Å². The average Bonchev–Trinajstić information content (AvgIpc) is 2.63. The predicted molar refractivity (Wildman–Crippen MR) is 96.2 cm³/mol. The van der Waals surface area contributed by atoms with Crippen LogP contribution in [0.4, 0.5) is 4.39 Å². The summed E-state index contributed by atoms with van der Waals surface area (Å²) in [5.74, 6) is -1.86. The predicted octanol–water partition coefficient (Wildman–Crippen LogP) is 3.90. The number of aliphatic carboxylic acids is 1. The van der Waals surface area contributed by atoms with Crippen molar-refractivity contribution in [3.8, 4) is 11.6 Å². The highest BCUT2D eigenvalue weighted by atomic mass is 32.2. The average molecular weight is 388 g/mol. The maximum absolute atomic E-state index is 13.8. The van der Waals surface area contributed by atoms with Crippen molar-refractivity contribution in [3.63, 3.8) is 0 Å². The molecule has 0 saturated carbocycles. The number of benzene rings is 2. The Morgan fingerprint density at radius 2 is 2.04 bits per heavy atom. The SMILES string of the molecule is Cc1c(C(C)C(=O)O)cc2ccc(F)cc2c1Oc1ccc(S(=O)[O-])cn1. The molecule has 0 radical (unpaired) electrons. The van der Waals surface area contributed by atoms with Gasteiger partial charge >= 0.3 is 5.97 Å². The molecular formula is C19H15FNO5S-. The van der Waals surface area contributed by atoms with Gasteiger partial charge in [0.2, 0.25) is 5.88 Å². The van der Waals surface area contributed by atoms with E-state index >= 15 is 0 Å². The van der Waals surface area contributed by atoms with Gasteiger partial charge in [-0.15, -0.1) is 0 Å². The highest BCUT2D eigenvalue weighted by Crippen LogP contribution is 2.38. The summed E-state index contributed by atoms with van der Waals surface area (Å²) in [4.78, 5) is 15.4. The number of rotatable bonds is 5. The van der Waals surface area contributed by atoms with E-state index in [0.717, 1.165) is 6.20 Å². The summed E-state index contributed by atoms with van der Waals surface area (Å²) in [6.45, 7) is 3.25. The van der Waals surface area contributed by atoms with Gasteiger partial charge in [0.25, 0.3) is 0 Å². The largest absolute Gasteiger partial charge is 0.768 e. The third-order valence-electron chi connectivity index (χ3n) is 4.29. The van der Waals surface area contributed by atoms with E-state index in [0.29, 0.717) is 21.9 Å². The zero-order valence-electron chi connectivity index (χ0n) is 14.4. The first kappa shape index (κ1) is 18.9. The zero-order valence-corrected chi connectivity index (χ0v) is 15.2. The quantitative estimate of drug-likeness (QED) is 0.666. The van der Waals surface area contributed by atoms with Crippen LogP contribution in [0.5, 0.6) is 11.6 Å². The Labute approximate surface area is 156 Å². The van der Waals surface area contributed by atoms with Crippen LogP contribution in [0.1, 0.15) is 24.0 Å². The Morgan fingerprint density at radius 3 is 2.63 bits per heavy atom. The van der Waals surface area contributed by atoms with Gasteiger partial charge in [-0.05, 0) is 65.7 Å². The molecule has 0 saturated heterocycles. The first-order chi connectivity index (χ1) is 12.8. The summed E-state index contributed by atoms with van der Waals surface area (Å²) in [7, 11) is 0. The Balaban J connectivity index is 2.16. The topological polar surface area (TPSA) is 99.5 Å². The van der Waals surface area contributed by atoms with Crippen LogP contribution >= 0.6 is 0 Å². The molecule has 1 heterocycles. The second kappa shape index (κ2) is 7.42. The van der Waals surface area contributed by atoms with Gasteiger partial charge in [-0.1, -0.05) is 6.07 Å². The summed E-state index contributed by atoms with van der Waals surface area (Å²) < 4.78 is 41.5. The zero-order chi connectivity index (χ0) is 19.7. The molecular weight excluding hydrogens is 373 g/mol. The van der Waals surface area contributed by atoms with Gasteiger partial charge in [-0.25, -0.2) is 9.37 Å². The molecule has 8 heteroatoms. The van der Waals surface area contributed by atoms with Gasteiger partial charge in [0.05, 0.1) is 5.92 Å². The molecule has 2 atom stereocenters. The molecule has 0 fully saturated rings. The lowest BCUT2D eigenvalue weighted by atomic mass is 9.92. The highest BCUT2D eigenvalue weighted by Gasteiger charge is 2.21. The van der Waals surface area contributed by atoms with Crippen molar-refractivity contribution in [2.24, 2.45) is 0 Å². The van der Waals surface area contributed by atoms with Crippen LogP contribution in [-0.4, -0.2) is 24.8 Å². The lowest BCUT2D eigenvalue weighted by Gasteiger charge is -2.18. The summed E-state index contributed by atoms with van der Waals surface area (Å²) in [5.41, 5.74) is 1.08. The molecule has 3 rings (SSSR count). The number of hydrogen-bond donors (Lipinski definition) is 1.